The summed E-state index contributed by atoms with van der Waals surface area (Å²) < 4.78 is 15.5. The molecule has 0 aromatic heterocycles. The lowest BCUT2D eigenvalue weighted by Crippen LogP contribution is -2.22. The van der Waals surface area contributed by atoms with Crippen molar-refractivity contribution in [3.05, 3.63) is 59.2 Å². The largest absolute Gasteiger partial charge is 0.497 e. The topological polar surface area (TPSA) is 73.9 Å². The zero-order valence-electron chi connectivity index (χ0n) is 19.0. The summed E-state index contributed by atoms with van der Waals surface area (Å²) in [6, 6.07) is 11.3. The SMILES string of the molecule is COc1cc(/C=C/C(=O)OCC(=O)Nc2c(C(C)C)cccc2C(C)C)cc(OC)c1. The lowest BCUT2D eigenvalue weighted by Gasteiger charge is -2.20. The summed E-state index contributed by atoms with van der Waals surface area (Å²) in [6.45, 7) is 7.94. The number of ether oxygens (including phenoxy) is 3. The minimum atomic E-state index is -0.613. The van der Waals surface area contributed by atoms with E-state index in [1.54, 1.807) is 38.5 Å². The van der Waals surface area contributed by atoms with Gasteiger partial charge < -0.3 is 19.5 Å². The quantitative estimate of drug-likeness (QED) is 0.444. The van der Waals surface area contributed by atoms with E-state index in [1.807, 2.05) is 18.2 Å². The van der Waals surface area contributed by atoms with E-state index in [0.29, 0.717) is 17.1 Å². The van der Waals surface area contributed by atoms with Gasteiger partial charge in [0.1, 0.15) is 11.5 Å². The third kappa shape index (κ3) is 6.88. The Morgan fingerprint density at radius 3 is 1.97 bits per heavy atom. The van der Waals surface area contributed by atoms with Crippen molar-refractivity contribution >= 4 is 23.6 Å². The lowest BCUT2D eigenvalue weighted by atomic mass is 9.92. The molecule has 2 aromatic rings. The molecule has 2 aromatic carbocycles. The second kappa shape index (κ2) is 11.2. The van der Waals surface area contributed by atoms with Gasteiger partial charge >= 0.3 is 5.97 Å². The Balaban J connectivity index is 2.02. The van der Waals surface area contributed by atoms with E-state index in [-0.39, 0.29) is 24.3 Å². The van der Waals surface area contributed by atoms with Crippen LogP contribution in [0.5, 0.6) is 11.5 Å². The highest BCUT2D eigenvalue weighted by molar-refractivity contribution is 5.96. The molecule has 6 nitrogen and oxygen atoms in total. The van der Waals surface area contributed by atoms with Gasteiger partial charge in [0.05, 0.1) is 14.2 Å². The van der Waals surface area contributed by atoms with Crippen LogP contribution >= 0.6 is 0 Å². The molecule has 0 unspecified atom stereocenters. The fraction of sp³-hybridized carbons (Fsp3) is 0.360. The molecular formula is C25H31NO5. The number of amides is 1. The van der Waals surface area contributed by atoms with Crippen LogP contribution in [0.2, 0.25) is 0 Å². The van der Waals surface area contributed by atoms with Crippen LogP contribution in [0.25, 0.3) is 6.08 Å². The van der Waals surface area contributed by atoms with E-state index in [2.05, 4.69) is 33.0 Å². The van der Waals surface area contributed by atoms with Crippen molar-refractivity contribution in [2.24, 2.45) is 0 Å². The number of hydrogen-bond donors (Lipinski definition) is 1. The maximum Gasteiger partial charge on any atom is 0.331 e. The summed E-state index contributed by atoms with van der Waals surface area (Å²) in [6.07, 6.45) is 2.85. The zero-order valence-corrected chi connectivity index (χ0v) is 19.0. The first-order valence-corrected chi connectivity index (χ1v) is 10.3. The fourth-order valence-corrected chi connectivity index (χ4v) is 3.15. The molecular weight excluding hydrogens is 394 g/mol. The molecule has 0 radical (unpaired) electrons. The molecule has 6 heteroatoms. The number of hydrogen-bond acceptors (Lipinski definition) is 5. The minimum Gasteiger partial charge on any atom is -0.497 e. The summed E-state index contributed by atoms with van der Waals surface area (Å²) in [5, 5.41) is 2.93. The zero-order chi connectivity index (χ0) is 23.0. The molecule has 31 heavy (non-hydrogen) atoms. The minimum absolute atomic E-state index is 0.249. The molecule has 0 aliphatic carbocycles. The molecule has 0 heterocycles. The maximum absolute atomic E-state index is 12.5. The Bertz CT molecular complexity index is 898. The van der Waals surface area contributed by atoms with Gasteiger partial charge in [-0.15, -0.1) is 0 Å². The predicted molar refractivity (Wildman–Crippen MR) is 123 cm³/mol. The van der Waals surface area contributed by atoms with Crippen molar-refractivity contribution in [2.45, 2.75) is 39.5 Å². The summed E-state index contributed by atoms with van der Waals surface area (Å²) in [5.41, 5.74) is 3.62. The van der Waals surface area contributed by atoms with E-state index in [4.69, 9.17) is 14.2 Å². The number of benzene rings is 2. The van der Waals surface area contributed by atoms with Crippen LogP contribution in [-0.4, -0.2) is 32.7 Å². The Labute approximate surface area is 184 Å². The smallest absolute Gasteiger partial charge is 0.331 e. The standard InChI is InChI=1S/C25H31NO5/c1-16(2)21-8-7-9-22(17(3)4)25(21)26-23(27)15-31-24(28)11-10-18-12-19(29-5)14-20(13-18)30-6/h7-14,16-17H,15H2,1-6H3,(H,26,27)/b11-10+. The first-order chi connectivity index (χ1) is 14.7. The highest BCUT2D eigenvalue weighted by Gasteiger charge is 2.16. The molecule has 0 spiro atoms. The molecule has 166 valence electrons. The lowest BCUT2D eigenvalue weighted by molar-refractivity contribution is -0.142. The molecule has 0 aliphatic heterocycles. The van der Waals surface area contributed by atoms with E-state index in [1.165, 1.54) is 6.08 Å². The van der Waals surface area contributed by atoms with Crippen LogP contribution in [0.3, 0.4) is 0 Å². The van der Waals surface area contributed by atoms with Gasteiger partial charge in [0.2, 0.25) is 0 Å². The normalized spacial score (nSPS) is 11.1. The number of para-hydroxylation sites is 1. The van der Waals surface area contributed by atoms with Crippen LogP contribution in [0.4, 0.5) is 5.69 Å². The van der Waals surface area contributed by atoms with Crippen LogP contribution in [0, 0.1) is 0 Å². The monoisotopic (exact) mass is 425 g/mol. The van der Waals surface area contributed by atoms with Crippen molar-refractivity contribution in [1.29, 1.82) is 0 Å². The van der Waals surface area contributed by atoms with E-state index in [0.717, 1.165) is 16.8 Å². The molecule has 2 rings (SSSR count). The Kier molecular flexibility index (Phi) is 8.67. The predicted octanol–water partition coefficient (Wildman–Crippen LogP) is 5.15. The van der Waals surface area contributed by atoms with Crippen molar-refractivity contribution in [2.75, 3.05) is 26.1 Å². The van der Waals surface area contributed by atoms with E-state index >= 15 is 0 Å². The van der Waals surface area contributed by atoms with Gasteiger partial charge in [-0.05, 0) is 46.7 Å². The van der Waals surface area contributed by atoms with E-state index in [9.17, 15) is 9.59 Å². The third-order valence-corrected chi connectivity index (χ3v) is 4.77. The molecule has 0 saturated heterocycles. The van der Waals surface area contributed by atoms with Crippen molar-refractivity contribution < 1.29 is 23.8 Å². The second-order valence-electron chi connectivity index (χ2n) is 7.76. The van der Waals surface area contributed by atoms with Crippen molar-refractivity contribution in [3.8, 4) is 11.5 Å². The second-order valence-corrected chi connectivity index (χ2v) is 7.76. The molecule has 1 N–H and O–H groups in total. The highest BCUT2D eigenvalue weighted by Crippen LogP contribution is 2.32. The van der Waals surface area contributed by atoms with Gasteiger partial charge in [0.25, 0.3) is 5.91 Å². The summed E-state index contributed by atoms with van der Waals surface area (Å²) in [7, 11) is 3.11. The van der Waals surface area contributed by atoms with Crippen LogP contribution in [-0.2, 0) is 14.3 Å². The summed E-state index contributed by atoms with van der Waals surface area (Å²) in [5.74, 6) is 0.727. The number of anilines is 1. The number of rotatable bonds is 9. The first-order valence-electron chi connectivity index (χ1n) is 10.3. The molecule has 0 aliphatic rings. The number of esters is 1. The summed E-state index contributed by atoms with van der Waals surface area (Å²) in [4.78, 5) is 24.5. The van der Waals surface area contributed by atoms with Crippen LogP contribution in [0.1, 0.15) is 56.2 Å². The first kappa shape index (κ1) is 24.0. The molecule has 1 amide bonds. The molecule has 0 fully saturated rings. The highest BCUT2D eigenvalue weighted by atomic mass is 16.5. The number of nitrogens with one attached hydrogen (secondary N) is 1. The number of carbonyl (C=O) groups is 2. The summed E-state index contributed by atoms with van der Waals surface area (Å²) >= 11 is 0. The average Bonchev–Trinajstić information content (AvgIpc) is 2.75. The van der Waals surface area contributed by atoms with Gasteiger partial charge in [-0.2, -0.15) is 0 Å². The van der Waals surface area contributed by atoms with Gasteiger partial charge in [-0.3, -0.25) is 4.79 Å². The molecule has 0 saturated carbocycles. The van der Waals surface area contributed by atoms with Crippen molar-refractivity contribution in [3.63, 3.8) is 0 Å². The average molecular weight is 426 g/mol. The van der Waals surface area contributed by atoms with Crippen molar-refractivity contribution in [1.82, 2.24) is 0 Å². The Morgan fingerprint density at radius 1 is 0.935 bits per heavy atom. The van der Waals surface area contributed by atoms with Gasteiger partial charge in [0, 0.05) is 17.8 Å². The van der Waals surface area contributed by atoms with Crippen LogP contribution in [0.15, 0.2) is 42.5 Å². The van der Waals surface area contributed by atoms with Gasteiger partial charge in [-0.25, -0.2) is 4.79 Å². The molecule has 0 atom stereocenters. The molecule has 0 bridgehead atoms. The fourth-order valence-electron chi connectivity index (χ4n) is 3.15. The number of carbonyl (C=O) groups excluding carboxylic acids is 2. The van der Waals surface area contributed by atoms with E-state index < -0.39 is 5.97 Å². The van der Waals surface area contributed by atoms with Gasteiger partial charge in [0.15, 0.2) is 6.61 Å². The van der Waals surface area contributed by atoms with Crippen LogP contribution < -0.4 is 14.8 Å². The Hall–Kier alpha value is -3.28. The maximum atomic E-state index is 12.5. The van der Waals surface area contributed by atoms with Gasteiger partial charge in [-0.1, -0.05) is 45.9 Å². The third-order valence-electron chi connectivity index (χ3n) is 4.77. The number of methoxy groups -OCH3 is 2. The Morgan fingerprint density at radius 2 is 1.48 bits per heavy atom.